The fraction of sp³-hybridized carbons (Fsp3) is 0.333. The molecular formula is C15H15N3O4S. The SMILES string of the molecule is COC(=O)c1ccc(CSc2ccc(NC(=O)C3CC3)nn2)o1. The Kier molecular flexibility index (Phi) is 4.61. The van der Waals surface area contributed by atoms with Gasteiger partial charge >= 0.3 is 5.97 Å². The van der Waals surface area contributed by atoms with Crippen LogP contribution in [0.3, 0.4) is 0 Å². The molecule has 2 aromatic heterocycles. The number of rotatable bonds is 6. The highest BCUT2D eigenvalue weighted by Gasteiger charge is 2.29. The summed E-state index contributed by atoms with van der Waals surface area (Å²) in [7, 11) is 1.30. The molecule has 8 heteroatoms. The molecule has 1 fully saturated rings. The Morgan fingerprint density at radius 3 is 2.78 bits per heavy atom. The Balaban J connectivity index is 1.52. The lowest BCUT2D eigenvalue weighted by molar-refractivity contribution is -0.117. The van der Waals surface area contributed by atoms with Crippen molar-refractivity contribution in [3.63, 3.8) is 0 Å². The van der Waals surface area contributed by atoms with Crippen LogP contribution in [0.5, 0.6) is 0 Å². The summed E-state index contributed by atoms with van der Waals surface area (Å²) in [6, 6.07) is 6.79. The van der Waals surface area contributed by atoms with E-state index in [4.69, 9.17) is 4.42 Å². The van der Waals surface area contributed by atoms with Crippen LogP contribution in [-0.2, 0) is 15.3 Å². The third kappa shape index (κ3) is 4.10. The first kappa shape index (κ1) is 15.5. The van der Waals surface area contributed by atoms with Crippen molar-refractivity contribution in [3.8, 4) is 0 Å². The second-order valence-electron chi connectivity index (χ2n) is 5.07. The summed E-state index contributed by atoms with van der Waals surface area (Å²) >= 11 is 1.42. The summed E-state index contributed by atoms with van der Waals surface area (Å²) in [5.41, 5.74) is 0. The monoisotopic (exact) mass is 333 g/mol. The molecule has 3 rings (SSSR count). The Morgan fingerprint density at radius 1 is 1.30 bits per heavy atom. The minimum absolute atomic E-state index is 0.00521. The maximum atomic E-state index is 11.6. The number of furan rings is 1. The zero-order valence-electron chi connectivity index (χ0n) is 12.4. The molecule has 1 aliphatic rings. The van der Waals surface area contributed by atoms with Gasteiger partial charge in [-0.15, -0.1) is 10.2 Å². The van der Waals surface area contributed by atoms with E-state index in [2.05, 4.69) is 20.3 Å². The lowest BCUT2D eigenvalue weighted by Gasteiger charge is -2.03. The molecule has 0 saturated heterocycles. The first-order chi connectivity index (χ1) is 11.2. The van der Waals surface area contributed by atoms with Crippen LogP contribution in [0.4, 0.5) is 5.82 Å². The van der Waals surface area contributed by atoms with Gasteiger partial charge in [0.15, 0.2) is 5.82 Å². The van der Waals surface area contributed by atoms with Crippen LogP contribution in [0, 0.1) is 5.92 Å². The van der Waals surface area contributed by atoms with Crippen molar-refractivity contribution in [1.29, 1.82) is 0 Å². The summed E-state index contributed by atoms with van der Waals surface area (Å²) < 4.78 is 9.95. The topological polar surface area (TPSA) is 94.3 Å². The molecule has 120 valence electrons. The van der Waals surface area contributed by atoms with E-state index in [0.29, 0.717) is 22.4 Å². The molecule has 0 aliphatic heterocycles. The Hall–Kier alpha value is -2.35. The maximum absolute atomic E-state index is 11.6. The van der Waals surface area contributed by atoms with E-state index >= 15 is 0 Å². The number of esters is 1. The predicted molar refractivity (Wildman–Crippen MR) is 83.0 cm³/mol. The molecule has 0 radical (unpaired) electrons. The van der Waals surface area contributed by atoms with E-state index in [1.165, 1.54) is 18.9 Å². The molecule has 1 saturated carbocycles. The van der Waals surface area contributed by atoms with Crippen molar-refractivity contribution in [2.45, 2.75) is 23.6 Å². The summed E-state index contributed by atoms with van der Waals surface area (Å²) in [5.74, 6) is 1.42. The van der Waals surface area contributed by atoms with Crippen LogP contribution in [-0.4, -0.2) is 29.2 Å². The van der Waals surface area contributed by atoms with Gasteiger partial charge in [0.05, 0.1) is 12.9 Å². The number of methoxy groups -OCH3 is 1. The molecule has 0 atom stereocenters. The molecular weight excluding hydrogens is 318 g/mol. The predicted octanol–water partition coefficient (Wildman–Crippen LogP) is 2.50. The number of ether oxygens (including phenoxy) is 1. The first-order valence-electron chi connectivity index (χ1n) is 7.10. The van der Waals surface area contributed by atoms with Crippen molar-refractivity contribution in [2.24, 2.45) is 5.92 Å². The number of anilines is 1. The van der Waals surface area contributed by atoms with Crippen LogP contribution in [0.25, 0.3) is 0 Å². The number of nitrogens with one attached hydrogen (secondary N) is 1. The normalized spacial score (nSPS) is 13.6. The van der Waals surface area contributed by atoms with Crippen LogP contribution in [0.1, 0.15) is 29.2 Å². The number of carbonyl (C=O) groups excluding carboxylic acids is 2. The average molecular weight is 333 g/mol. The van der Waals surface area contributed by atoms with Crippen LogP contribution in [0.2, 0.25) is 0 Å². The van der Waals surface area contributed by atoms with E-state index in [1.807, 2.05) is 0 Å². The smallest absolute Gasteiger partial charge is 0.373 e. The number of amides is 1. The van der Waals surface area contributed by atoms with Gasteiger partial charge < -0.3 is 14.5 Å². The second kappa shape index (κ2) is 6.82. The van der Waals surface area contributed by atoms with Crippen LogP contribution >= 0.6 is 11.8 Å². The van der Waals surface area contributed by atoms with Gasteiger partial charge in [-0.25, -0.2) is 4.79 Å². The highest BCUT2D eigenvalue weighted by atomic mass is 32.2. The molecule has 23 heavy (non-hydrogen) atoms. The zero-order chi connectivity index (χ0) is 16.2. The highest BCUT2D eigenvalue weighted by Crippen LogP contribution is 2.30. The maximum Gasteiger partial charge on any atom is 0.373 e. The lowest BCUT2D eigenvalue weighted by Crippen LogP contribution is -2.14. The third-order valence-electron chi connectivity index (χ3n) is 3.25. The van der Waals surface area contributed by atoms with Gasteiger partial charge in [-0.2, -0.15) is 0 Å². The van der Waals surface area contributed by atoms with E-state index in [-0.39, 0.29) is 17.6 Å². The van der Waals surface area contributed by atoms with E-state index in [1.54, 1.807) is 24.3 Å². The van der Waals surface area contributed by atoms with Crippen LogP contribution < -0.4 is 5.32 Å². The number of hydrogen-bond acceptors (Lipinski definition) is 7. The molecule has 0 unspecified atom stereocenters. The van der Waals surface area contributed by atoms with Crippen molar-refractivity contribution >= 4 is 29.5 Å². The molecule has 1 aliphatic carbocycles. The summed E-state index contributed by atoms with van der Waals surface area (Å²) in [6.45, 7) is 0. The molecule has 1 amide bonds. The standard InChI is InChI=1S/C15H15N3O4S/c1-21-15(20)11-5-4-10(22-11)8-23-13-7-6-12(17-18-13)16-14(19)9-2-3-9/h4-7,9H,2-3,8H2,1H3,(H,16,17,19). The average Bonchev–Trinajstić information content (AvgIpc) is 3.32. The second-order valence-corrected chi connectivity index (χ2v) is 6.06. The number of aromatic nitrogens is 2. The molecule has 0 spiro atoms. The zero-order valence-corrected chi connectivity index (χ0v) is 13.3. The van der Waals surface area contributed by atoms with Gasteiger partial charge in [0.1, 0.15) is 10.8 Å². The van der Waals surface area contributed by atoms with Crippen molar-refractivity contribution in [3.05, 3.63) is 35.8 Å². The summed E-state index contributed by atoms with van der Waals surface area (Å²) in [5, 5.41) is 11.5. The minimum atomic E-state index is -0.503. The van der Waals surface area contributed by atoms with Crippen molar-refractivity contribution in [1.82, 2.24) is 10.2 Å². The van der Waals surface area contributed by atoms with Crippen molar-refractivity contribution in [2.75, 3.05) is 12.4 Å². The quantitative estimate of drug-likeness (QED) is 0.641. The van der Waals surface area contributed by atoms with Gasteiger partial charge in [0.25, 0.3) is 0 Å². The minimum Gasteiger partial charge on any atom is -0.463 e. The van der Waals surface area contributed by atoms with Gasteiger partial charge in [-0.05, 0) is 37.1 Å². The van der Waals surface area contributed by atoms with E-state index in [9.17, 15) is 9.59 Å². The number of nitrogens with zero attached hydrogens (tertiary/aromatic N) is 2. The summed E-state index contributed by atoms with van der Waals surface area (Å²) in [4.78, 5) is 22.9. The number of hydrogen-bond donors (Lipinski definition) is 1. The fourth-order valence-corrected chi connectivity index (χ4v) is 2.56. The third-order valence-corrected chi connectivity index (χ3v) is 4.19. The van der Waals surface area contributed by atoms with Gasteiger partial charge in [0.2, 0.25) is 11.7 Å². The Labute approximate surface area is 136 Å². The largest absolute Gasteiger partial charge is 0.463 e. The molecule has 1 N–H and O–H groups in total. The molecule has 0 aromatic carbocycles. The first-order valence-corrected chi connectivity index (χ1v) is 8.08. The van der Waals surface area contributed by atoms with E-state index in [0.717, 1.165) is 12.8 Å². The Morgan fingerprint density at radius 2 is 2.13 bits per heavy atom. The van der Waals surface area contributed by atoms with Gasteiger partial charge in [0, 0.05) is 5.92 Å². The van der Waals surface area contributed by atoms with Gasteiger partial charge in [-0.1, -0.05) is 11.8 Å². The molecule has 7 nitrogen and oxygen atoms in total. The highest BCUT2D eigenvalue weighted by molar-refractivity contribution is 7.98. The van der Waals surface area contributed by atoms with E-state index < -0.39 is 5.97 Å². The fourth-order valence-electron chi connectivity index (χ4n) is 1.85. The molecule has 0 bridgehead atoms. The molecule has 2 heterocycles. The molecule has 2 aromatic rings. The Bertz CT molecular complexity index is 710. The van der Waals surface area contributed by atoms with Gasteiger partial charge in [-0.3, -0.25) is 4.79 Å². The lowest BCUT2D eigenvalue weighted by atomic mass is 10.4. The van der Waals surface area contributed by atoms with Crippen LogP contribution in [0.15, 0.2) is 33.7 Å². The van der Waals surface area contributed by atoms with Crippen molar-refractivity contribution < 1.29 is 18.7 Å². The summed E-state index contributed by atoms with van der Waals surface area (Å²) in [6.07, 6.45) is 1.90. The number of thioether (sulfide) groups is 1. The number of carbonyl (C=O) groups is 2.